The van der Waals surface area contributed by atoms with Crippen molar-refractivity contribution >= 4 is 42.9 Å². The molecule has 4 atom stereocenters. The minimum atomic E-state index is -2.03. The van der Waals surface area contributed by atoms with Crippen LogP contribution in [0, 0.1) is 5.41 Å². The zero-order valence-corrected chi connectivity index (χ0v) is 40.5. The maximum Gasteiger partial charge on any atom is 0.408 e. The summed E-state index contributed by atoms with van der Waals surface area (Å²) in [6, 6.07) is 18.1. The van der Waals surface area contributed by atoms with Crippen molar-refractivity contribution in [2.45, 2.75) is 130 Å². The number of benzene rings is 2. The first-order chi connectivity index (χ1) is 30.4. The summed E-state index contributed by atoms with van der Waals surface area (Å²) in [5.74, 6) is -1.58. The second kappa shape index (κ2) is 21.1. The largest absolute Gasteiger partial charge is 0.445 e. The van der Waals surface area contributed by atoms with E-state index in [0.29, 0.717) is 39.3 Å². The first-order valence-electron chi connectivity index (χ1n) is 22.8. The molecule has 1 amide bonds. The van der Waals surface area contributed by atoms with Crippen molar-refractivity contribution in [1.29, 1.82) is 0 Å². The average molecular weight is 899 g/mol. The van der Waals surface area contributed by atoms with Crippen molar-refractivity contribution in [2.24, 2.45) is 5.41 Å². The van der Waals surface area contributed by atoms with E-state index in [4.69, 9.17) is 28.4 Å². The van der Waals surface area contributed by atoms with Gasteiger partial charge in [-0.1, -0.05) is 65.0 Å². The van der Waals surface area contributed by atoms with Crippen molar-refractivity contribution in [3.8, 4) is 11.3 Å². The van der Waals surface area contributed by atoms with Crippen LogP contribution in [0.2, 0.25) is 18.1 Å². The number of fused-ring (bicyclic) bond motifs is 1. The van der Waals surface area contributed by atoms with E-state index in [9.17, 15) is 14.4 Å². The van der Waals surface area contributed by atoms with Crippen molar-refractivity contribution in [2.75, 3.05) is 44.9 Å². The van der Waals surface area contributed by atoms with Gasteiger partial charge in [0.15, 0.2) is 8.32 Å². The third-order valence-corrected chi connectivity index (χ3v) is 17.4. The Morgan fingerprint density at radius 2 is 1.81 bits per heavy atom. The molecule has 2 aromatic carbocycles. The van der Waals surface area contributed by atoms with Crippen molar-refractivity contribution in [3.63, 3.8) is 0 Å². The second-order valence-corrected chi connectivity index (χ2v) is 24.2. The zero-order chi connectivity index (χ0) is 46.2. The lowest BCUT2D eigenvalue weighted by Crippen LogP contribution is -2.53. The first-order valence-corrected chi connectivity index (χ1v) is 25.7. The van der Waals surface area contributed by atoms with Gasteiger partial charge in [0.2, 0.25) is 0 Å². The number of ether oxygens (including phenoxy) is 4. The van der Waals surface area contributed by atoms with Gasteiger partial charge in [-0.3, -0.25) is 10.4 Å². The number of anilines is 1. The van der Waals surface area contributed by atoms with E-state index < -0.39 is 44.5 Å². The van der Waals surface area contributed by atoms with Crippen molar-refractivity contribution in [1.82, 2.24) is 25.7 Å². The highest BCUT2D eigenvalue weighted by Crippen LogP contribution is 2.43. The molecular formula is C49H70N6O8Si. The van der Waals surface area contributed by atoms with E-state index in [0.717, 1.165) is 58.5 Å². The van der Waals surface area contributed by atoms with Crippen LogP contribution in [-0.4, -0.2) is 94.0 Å². The van der Waals surface area contributed by atoms with E-state index in [-0.39, 0.29) is 29.6 Å². The summed E-state index contributed by atoms with van der Waals surface area (Å²) in [5, 5.41) is 3.91. The van der Waals surface area contributed by atoms with Gasteiger partial charge in [-0.2, -0.15) is 0 Å². The lowest BCUT2D eigenvalue weighted by Gasteiger charge is -2.39. The molecule has 2 aliphatic heterocycles. The van der Waals surface area contributed by atoms with Crippen molar-refractivity contribution in [3.05, 3.63) is 83.7 Å². The number of rotatable bonds is 17. The molecule has 0 saturated carbocycles. The van der Waals surface area contributed by atoms with Crippen LogP contribution >= 0.6 is 0 Å². The molecule has 2 fully saturated rings. The number of amides is 1. The van der Waals surface area contributed by atoms with Crippen LogP contribution in [0.3, 0.4) is 0 Å². The molecule has 0 bridgehead atoms. The number of carbonyl (C=O) groups excluding carboxylic acids is 3. The van der Waals surface area contributed by atoms with Crippen LogP contribution in [0.1, 0.15) is 90.7 Å². The average Bonchev–Trinajstić information content (AvgIpc) is 3.58. The SMILES string of the molecule is CCn1c(-c2cccnc2[C@H](C)OC)c(CC(C)(C)CO[Si](C)(C)C(C)(C)C)c2cc(N3CCO[C@@H](C[C@H](NC(=O)OCc4ccccc4)C(=O)OC(=O)C4CCCNN4)C3)ccc21. The number of methoxy groups -OCH3 is 1. The second-order valence-electron chi connectivity index (χ2n) is 19.4. The number of esters is 2. The van der Waals surface area contributed by atoms with Gasteiger partial charge in [0.25, 0.3) is 0 Å². The smallest absolute Gasteiger partial charge is 0.408 e. The number of pyridine rings is 1. The molecule has 4 aromatic rings. The Bertz CT molecular complexity index is 2220. The predicted octanol–water partition coefficient (Wildman–Crippen LogP) is 8.24. The highest BCUT2D eigenvalue weighted by Gasteiger charge is 2.39. The molecule has 348 valence electrons. The number of carbonyl (C=O) groups is 3. The first kappa shape index (κ1) is 48.8. The van der Waals surface area contributed by atoms with Gasteiger partial charge in [-0.05, 0) is 98.1 Å². The minimum absolute atomic E-state index is 0.0129. The van der Waals surface area contributed by atoms with Gasteiger partial charge < -0.3 is 38.2 Å². The van der Waals surface area contributed by atoms with Gasteiger partial charge in [-0.15, -0.1) is 0 Å². The van der Waals surface area contributed by atoms with Crippen LogP contribution < -0.4 is 21.1 Å². The van der Waals surface area contributed by atoms with Gasteiger partial charge in [-0.25, -0.2) is 19.8 Å². The molecule has 15 heteroatoms. The molecule has 4 heterocycles. The number of aromatic nitrogens is 2. The molecular weight excluding hydrogens is 829 g/mol. The van der Waals surface area contributed by atoms with Crippen LogP contribution in [0.25, 0.3) is 22.2 Å². The summed E-state index contributed by atoms with van der Waals surface area (Å²) in [4.78, 5) is 47.0. The topological polar surface area (TPSA) is 155 Å². The molecule has 64 heavy (non-hydrogen) atoms. The Morgan fingerprint density at radius 3 is 2.50 bits per heavy atom. The fourth-order valence-corrected chi connectivity index (χ4v) is 9.34. The highest BCUT2D eigenvalue weighted by atomic mass is 28.4. The van der Waals surface area contributed by atoms with Crippen LogP contribution in [-0.2, 0) is 52.5 Å². The molecule has 3 N–H and O–H groups in total. The highest BCUT2D eigenvalue weighted by molar-refractivity contribution is 6.74. The summed E-state index contributed by atoms with van der Waals surface area (Å²) in [6.07, 6.45) is 2.40. The Kier molecular flexibility index (Phi) is 16.1. The van der Waals surface area contributed by atoms with Crippen LogP contribution in [0.5, 0.6) is 0 Å². The standard InChI is InChI=1S/C49H70N6O8Si/c1-11-55-42-22-21-35(27-38(42)39(29-49(6,7)32-62-64(9,10)48(3,4)5)44(55)37-19-15-23-50-43(37)33(2)59-8)54-25-26-60-36(30-54)28-41(46(57)63-45(56)40-20-16-24-51-53-40)52-47(58)61-31-34-17-13-12-14-18-34/h12-15,17-19,21-23,27,33,36,40-41,51,53H,11,16,20,24-26,28-32H2,1-10H3,(H,52,58)/t33-,36-,40?,41-/m0/s1. The summed E-state index contributed by atoms with van der Waals surface area (Å²) in [5.41, 5.74) is 12.8. The number of alkyl carbamates (subject to hydrolysis) is 1. The van der Waals surface area contributed by atoms with Gasteiger partial charge in [0, 0.05) is 74.7 Å². The molecule has 0 radical (unpaired) electrons. The number of nitrogens with zero attached hydrogens (tertiary/aromatic N) is 3. The zero-order valence-electron chi connectivity index (χ0n) is 39.5. The van der Waals surface area contributed by atoms with E-state index in [1.165, 1.54) is 5.56 Å². The Hall–Kier alpha value is -4.64. The van der Waals surface area contributed by atoms with E-state index in [1.54, 1.807) is 7.11 Å². The normalized spacial score (nSPS) is 18.4. The predicted molar refractivity (Wildman–Crippen MR) is 252 cm³/mol. The lowest BCUT2D eigenvalue weighted by atomic mass is 9.84. The van der Waals surface area contributed by atoms with E-state index in [1.807, 2.05) is 49.5 Å². The lowest BCUT2D eigenvalue weighted by molar-refractivity contribution is -0.164. The molecule has 0 aliphatic carbocycles. The van der Waals surface area contributed by atoms with Gasteiger partial charge >= 0.3 is 18.0 Å². The monoisotopic (exact) mass is 899 g/mol. The molecule has 1 unspecified atom stereocenters. The molecule has 2 aliphatic rings. The molecule has 14 nitrogen and oxygen atoms in total. The fraction of sp³-hybridized carbons (Fsp3) is 0.551. The number of hydrazine groups is 1. The maximum absolute atomic E-state index is 13.7. The minimum Gasteiger partial charge on any atom is -0.445 e. The van der Waals surface area contributed by atoms with E-state index >= 15 is 0 Å². The van der Waals surface area contributed by atoms with Crippen LogP contribution in [0.15, 0.2) is 66.9 Å². The number of morpholine rings is 1. The molecule has 2 saturated heterocycles. The summed E-state index contributed by atoms with van der Waals surface area (Å²) in [7, 11) is -0.310. The number of aryl methyl sites for hydroxylation is 1. The molecule has 0 spiro atoms. The van der Waals surface area contributed by atoms with Gasteiger partial charge in [0.1, 0.15) is 18.7 Å². The quantitative estimate of drug-likeness (QED) is 0.0532. The van der Waals surface area contributed by atoms with E-state index in [2.05, 4.69) is 105 Å². The summed E-state index contributed by atoms with van der Waals surface area (Å²) in [6.45, 7) is 23.7. The van der Waals surface area contributed by atoms with Crippen molar-refractivity contribution < 1.29 is 37.8 Å². The Balaban J connectivity index is 1.30. The third-order valence-electron chi connectivity index (χ3n) is 12.9. The number of hydrogen-bond donors (Lipinski definition) is 3. The summed E-state index contributed by atoms with van der Waals surface area (Å²) < 4.78 is 32.2. The number of nitrogens with one attached hydrogen (secondary N) is 3. The third kappa shape index (κ3) is 12.0. The van der Waals surface area contributed by atoms with Crippen LogP contribution in [0.4, 0.5) is 10.5 Å². The van der Waals surface area contributed by atoms with Gasteiger partial charge in [0.05, 0.1) is 30.2 Å². The fourth-order valence-electron chi connectivity index (χ4n) is 8.16. The maximum atomic E-state index is 13.7. The number of hydrogen-bond acceptors (Lipinski definition) is 12. The Labute approximate surface area is 380 Å². The molecule has 2 aromatic heterocycles. The Morgan fingerprint density at radius 1 is 1.05 bits per heavy atom. The molecule has 6 rings (SSSR count). The summed E-state index contributed by atoms with van der Waals surface area (Å²) >= 11 is 0.